The topological polar surface area (TPSA) is 59.2 Å². The highest BCUT2D eigenvalue weighted by Gasteiger charge is 2.38. The maximum absolute atomic E-state index is 12.9. The van der Waals surface area contributed by atoms with Gasteiger partial charge in [-0.3, -0.25) is 9.78 Å². The summed E-state index contributed by atoms with van der Waals surface area (Å²) in [4.78, 5) is 18.8. The van der Waals surface area contributed by atoms with Crippen LogP contribution < -0.4 is 5.73 Å². The molecule has 0 spiro atoms. The molecule has 1 heterocycles. The molecule has 1 fully saturated rings. The van der Waals surface area contributed by atoms with Crippen LogP contribution in [0.15, 0.2) is 24.5 Å². The largest absolute Gasteiger partial charge is 0.345 e. The van der Waals surface area contributed by atoms with Gasteiger partial charge in [0.2, 0.25) is 5.91 Å². The summed E-state index contributed by atoms with van der Waals surface area (Å²) in [5.74, 6) is 0.237. The Hall–Kier alpha value is -1.42. The van der Waals surface area contributed by atoms with Crippen molar-refractivity contribution in [3.8, 4) is 0 Å². The van der Waals surface area contributed by atoms with Crippen molar-refractivity contribution in [1.82, 2.24) is 9.88 Å². The van der Waals surface area contributed by atoms with E-state index in [0.29, 0.717) is 6.54 Å². The molecule has 1 aromatic heterocycles. The van der Waals surface area contributed by atoms with E-state index in [1.54, 1.807) is 12.4 Å². The van der Waals surface area contributed by atoms with Gasteiger partial charge in [-0.15, -0.1) is 0 Å². The van der Waals surface area contributed by atoms with Crippen molar-refractivity contribution < 1.29 is 4.79 Å². The summed E-state index contributed by atoms with van der Waals surface area (Å²) in [6, 6.07) is 4.01. The van der Waals surface area contributed by atoms with Gasteiger partial charge < -0.3 is 10.6 Å². The number of nitrogens with zero attached hydrogens (tertiary/aromatic N) is 2. The number of pyridine rings is 1. The molecule has 4 heteroatoms. The summed E-state index contributed by atoms with van der Waals surface area (Å²) in [5.41, 5.74) is 6.90. The fourth-order valence-corrected chi connectivity index (χ4v) is 3.26. The SMILES string of the molecule is CN(CCc1ccncc1)C(=O)C1(CN)CCCCCC1. The fourth-order valence-electron chi connectivity index (χ4n) is 3.26. The summed E-state index contributed by atoms with van der Waals surface area (Å²) in [6.07, 6.45) is 11.1. The Bertz CT molecular complexity index is 439. The molecule has 0 bridgehead atoms. The molecule has 4 nitrogen and oxygen atoms in total. The van der Waals surface area contributed by atoms with Gasteiger partial charge in [0.05, 0.1) is 5.41 Å². The number of hydrogen-bond acceptors (Lipinski definition) is 3. The Morgan fingerprint density at radius 2 is 1.86 bits per heavy atom. The van der Waals surface area contributed by atoms with Gasteiger partial charge in [-0.2, -0.15) is 0 Å². The Labute approximate surface area is 127 Å². The maximum Gasteiger partial charge on any atom is 0.229 e. The van der Waals surface area contributed by atoms with Crippen molar-refractivity contribution in [3.05, 3.63) is 30.1 Å². The van der Waals surface area contributed by atoms with Gasteiger partial charge in [-0.1, -0.05) is 25.7 Å². The first kappa shape index (κ1) is 16.0. The first-order chi connectivity index (χ1) is 10.2. The Morgan fingerprint density at radius 1 is 1.24 bits per heavy atom. The summed E-state index contributed by atoms with van der Waals surface area (Å²) in [7, 11) is 1.91. The second-order valence-corrected chi connectivity index (χ2v) is 6.23. The monoisotopic (exact) mass is 289 g/mol. The summed E-state index contributed by atoms with van der Waals surface area (Å²) in [5, 5.41) is 0. The molecule has 0 radical (unpaired) electrons. The number of aromatic nitrogens is 1. The van der Waals surface area contributed by atoms with Gasteiger partial charge in [0.1, 0.15) is 0 Å². The van der Waals surface area contributed by atoms with Gasteiger partial charge in [-0.05, 0) is 37.0 Å². The van der Waals surface area contributed by atoms with Crippen molar-refractivity contribution in [2.75, 3.05) is 20.1 Å². The normalized spacial score (nSPS) is 18.0. The van der Waals surface area contributed by atoms with Crippen LogP contribution in [0.1, 0.15) is 44.1 Å². The third-order valence-corrected chi connectivity index (χ3v) is 4.74. The van der Waals surface area contributed by atoms with Crippen LogP contribution in [0.4, 0.5) is 0 Å². The summed E-state index contributed by atoms with van der Waals surface area (Å²) >= 11 is 0. The molecule has 2 N–H and O–H groups in total. The van der Waals surface area contributed by atoms with Gasteiger partial charge in [-0.25, -0.2) is 0 Å². The third kappa shape index (κ3) is 4.03. The predicted octanol–water partition coefficient (Wildman–Crippen LogP) is 2.38. The van der Waals surface area contributed by atoms with Crippen molar-refractivity contribution in [2.45, 2.75) is 44.9 Å². The van der Waals surface area contributed by atoms with E-state index < -0.39 is 0 Å². The van der Waals surface area contributed by atoms with E-state index in [0.717, 1.165) is 38.6 Å². The molecule has 0 atom stereocenters. The molecule has 0 aromatic carbocycles. The smallest absolute Gasteiger partial charge is 0.229 e. The maximum atomic E-state index is 12.9. The van der Waals surface area contributed by atoms with Gasteiger partial charge in [0, 0.05) is 32.5 Å². The Morgan fingerprint density at radius 3 is 2.43 bits per heavy atom. The van der Waals surface area contributed by atoms with Crippen molar-refractivity contribution >= 4 is 5.91 Å². The van der Waals surface area contributed by atoms with Crippen LogP contribution in [-0.4, -0.2) is 35.9 Å². The quantitative estimate of drug-likeness (QED) is 0.847. The molecule has 1 aliphatic carbocycles. The highest BCUT2D eigenvalue weighted by atomic mass is 16.2. The second-order valence-electron chi connectivity index (χ2n) is 6.23. The van der Waals surface area contributed by atoms with Crippen molar-refractivity contribution in [3.63, 3.8) is 0 Å². The average Bonchev–Trinajstić information content (AvgIpc) is 2.79. The van der Waals surface area contributed by atoms with E-state index in [4.69, 9.17) is 5.73 Å². The lowest BCUT2D eigenvalue weighted by molar-refractivity contribution is -0.141. The summed E-state index contributed by atoms with van der Waals surface area (Å²) < 4.78 is 0. The number of carbonyl (C=O) groups is 1. The lowest BCUT2D eigenvalue weighted by Gasteiger charge is -2.34. The minimum atomic E-state index is -0.316. The van der Waals surface area contributed by atoms with Crippen LogP contribution in [0, 0.1) is 5.41 Å². The van der Waals surface area contributed by atoms with Crippen molar-refractivity contribution in [1.29, 1.82) is 0 Å². The molecule has 21 heavy (non-hydrogen) atoms. The Balaban J connectivity index is 1.96. The molecule has 0 aliphatic heterocycles. The molecular weight excluding hydrogens is 262 g/mol. The van der Waals surface area contributed by atoms with Gasteiger partial charge in [0.25, 0.3) is 0 Å². The van der Waals surface area contributed by atoms with Crippen LogP contribution in [0.25, 0.3) is 0 Å². The summed E-state index contributed by atoms with van der Waals surface area (Å²) in [6.45, 7) is 1.22. The molecule has 2 rings (SSSR count). The predicted molar refractivity (Wildman–Crippen MR) is 84.8 cm³/mol. The van der Waals surface area contributed by atoms with E-state index in [-0.39, 0.29) is 11.3 Å². The highest BCUT2D eigenvalue weighted by molar-refractivity contribution is 5.82. The first-order valence-corrected chi connectivity index (χ1v) is 8.02. The molecule has 1 aliphatic rings. The molecule has 1 amide bonds. The van der Waals surface area contributed by atoms with Crippen LogP contribution in [0.3, 0.4) is 0 Å². The van der Waals surface area contributed by atoms with Gasteiger partial charge in [0.15, 0.2) is 0 Å². The lowest BCUT2D eigenvalue weighted by atomic mass is 9.79. The molecule has 0 saturated heterocycles. The zero-order valence-electron chi connectivity index (χ0n) is 13.1. The zero-order valence-corrected chi connectivity index (χ0v) is 13.1. The number of nitrogens with two attached hydrogens (primary N) is 1. The molecule has 1 saturated carbocycles. The number of rotatable bonds is 5. The number of likely N-dealkylation sites (N-methyl/N-ethyl adjacent to an activating group) is 1. The van der Waals surface area contributed by atoms with Crippen molar-refractivity contribution in [2.24, 2.45) is 11.1 Å². The molecule has 0 unspecified atom stereocenters. The van der Waals surface area contributed by atoms with Crippen LogP contribution in [0.2, 0.25) is 0 Å². The number of carbonyl (C=O) groups excluding carboxylic acids is 1. The first-order valence-electron chi connectivity index (χ1n) is 8.02. The zero-order chi connectivity index (χ0) is 15.1. The lowest BCUT2D eigenvalue weighted by Crippen LogP contribution is -2.47. The minimum Gasteiger partial charge on any atom is -0.345 e. The highest BCUT2D eigenvalue weighted by Crippen LogP contribution is 2.35. The van der Waals surface area contributed by atoms with E-state index in [1.807, 2.05) is 24.1 Å². The fraction of sp³-hybridized carbons (Fsp3) is 0.647. The third-order valence-electron chi connectivity index (χ3n) is 4.74. The van der Waals surface area contributed by atoms with E-state index in [9.17, 15) is 4.79 Å². The Kier molecular flexibility index (Phi) is 5.74. The number of amides is 1. The number of hydrogen-bond donors (Lipinski definition) is 1. The second kappa shape index (κ2) is 7.55. The standard InChI is InChI=1S/C17H27N3O/c1-20(13-8-15-6-11-19-12-7-15)16(21)17(14-18)9-4-2-3-5-10-17/h6-7,11-12H,2-5,8-10,13-14,18H2,1H3. The van der Waals surface area contributed by atoms with E-state index in [2.05, 4.69) is 4.98 Å². The van der Waals surface area contributed by atoms with E-state index in [1.165, 1.54) is 18.4 Å². The van der Waals surface area contributed by atoms with Crippen LogP contribution in [0.5, 0.6) is 0 Å². The minimum absolute atomic E-state index is 0.237. The van der Waals surface area contributed by atoms with E-state index >= 15 is 0 Å². The van der Waals surface area contributed by atoms with Gasteiger partial charge >= 0.3 is 0 Å². The molecule has 116 valence electrons. The molecular formula is C17H27N3O. The average molecular weight is 289 g/mol. The van der Waals surface area contributed by atoms with Crippen LogP contribution in [-0.2, 0) is 11.2 Å². The van der Waals surface area contributed by atoms with Crippen LogP contribution >= 0.6 is 0 Å². The molecule has 1 aromatic rings.